The summed E-state index contributed by atoms with van der Waals surface area (Å²) in [5.41, 5.74) is 5.69. The van der Waals surface area contributed by atoms with E-state index >= 15 is 0 Å². The molecule has 0 N–H and O–H groups in total. The van der Waals surface area contributed by atoms with Gasteiger partial charge in [-0.2, -0.15) is 0 Å². The van der Waals surface area contributed by atoms with Crippen molar-refractivity contribution in [1.82, 2.24) is 0 Å². The van der Waals surface area contributed by atoms with Gasteiger partial charge in [0.25, 0.3) is 0 Å². The number of rotatable bonds is 6. The Balaban J connectivity index is -0.000000379. The van der Waals surface area contributed by atoms with Gasteiger partial charge in [-0.05, 0) is 50.7 Å². The van der Waals surface area contributed by atoms with Gasteiger partial charge in [0.1, 0.15) is 0 Å². The quantitative estimate of drug-likeness (QED) is 0.436. The average Bonchev–Trinajstić information content (AvgIpc) is 2.68. The van der Waals surface area contributed by atoms with Gasteiger partial charge in [0.2, 0.25) is 0 Å². The molecule has 1 rings (SSSR count). The molecule has 0 amide bonds. The van der Waals surface area contributed by atoms with Crippen LogP contribution in [0.2, 0.25) is 0 Å². The first-order valence-electron chi connectivity index (χ1n) is 11.0. The molecule has 0 spiro atoms. The lowest BCUT2D eigenvalue weighted by molar-refractivity contribution is 0.785. The van der Waals surface area contributed by atoms with Crippen molar-refractivity contribution >= 4 is 0 Å². The van der Waals surface area contributed by atoms with E-state index in [2.05, 4.69) is 97.0 Å². The highest BCUT2D eigenvalue weighted by molar-refractivity contribution is 5.28. The van der Waals surface area contributed by atoms with E-state index in [-0.39, 0.29) is 0 Å². The van der Waals surface area contributed by atoms with Crippen LogP contribution in [0.15, 0.2) is 59.7 Å². The third-order valence-electron chi connectivity index (χ3n) is 3.70. The van der Waals surface area contributed by atoms with Crippen molar-refractivity contribution in [3.05, 3.63) is 70.8 Å². The zero-order chi connectivity index (χ0) is 21.7. The van der Waals surface area contributed by atoms with Gasteiger partial charge in [-0.3, -0.25) is 0 Å². The summed E-state index contributed by atoms with van der Waals surface area (Å²) in [7, 11) is 0. The number of allylic oxidation sites excluding steroid dienone is 6. The Morgan fingerprint density at radius 3 is 2.00 bits per heavy atom. The Morgan fingerprint density at radius 1 is 1.04 bits per heavy atom. The molecule has 0 saturated heterocycles. The van der Waals surface area contributed by atoms with E-state index in [0.29, 0.717) is 5.92 Å². The Labute approximate surface area is 172 Å². The Morgan fingerprint density at radius 2 is 1.63 bits per heavy atom. The molecule has 0 nitrogen and oxygen atoms in total. The van der Waals surface area contributed by atoms with E-state index in [9.17, 15) is 0 Å². The lowest BCUT2D eigenvalue weighted by Crippen LogP contribution is -1.91. The number of aryl methyl sites for hydroxylation is 2. The summed E-state index contributed by atoms with van der Waals surface area (Å²) in [5.74, 6) is 0.609. The molecule has 156 valence electrons. The fourth-order valence-electron chi connectivity index (χ4n) is 2.30. The van der Waals surface area contributed by atoms with Gasteiger partial charge in [-0.25, -0.2) is 0 Å². The Kier molecular flexibility index (Phi) is 25.1. The van der Waals surface area contributed by atoms with Crippen molar-refractivity contribution < 1.29 is 0 Å². The fraction of sp³-hybridized carbons (Fsp3) is 0.556. The minimum Gasteiger partial charge on any atom is -0.0877 e. The fourth-order valence-corrected chi connectivity index (χ4v) is 2.30. The molecular weight excluding hydrogens is 324 g/mol. The molecule has 0 bridgehead atoms. The van der Waals surface area contributed by atoms with Gasteiger partial charge in [-0.1, -0.05) is 122 Å². The lowest BCUT2D eigenvalue weighted by atomic mass is 9.99. The minimum atomic E-state index is 0.609. The van der Waals surface area contributed by atoms with Crippen LogP contribution >= 0.6 is 0 Å². The number of hydrogen-bond donors (Lipinski definition) is 0. The van der Waals surface area contributed by atoms with Crippen molar-refractivity contribution in [3.8, 4) is 0 Å². The van der Waals surface area contributed by atoms with Crippen molar-refractivity contribution in [2.24, 2.45) is 5.92 Å². The Bertz CT molecular complexity index is 513. The largest absolute Gasteiger partial charge is 0.0877 e. The van der Waals surface area contributed by atoms with Crippen LogP contribution in [0.5, 0.6) is 0 Å². The van der Waals surface area contributed by atoms with Crippen LogP contribution in [0.3, 0.4) is 0 Å². The van der Waals surface area contributed by atoms with Crippen LogP contribution in [0.1, 0.15) is 93.2 Å². The van der Waals surface area contributed by atoms with Crippen molar-refractivity contribution in [2.45, 2.75) is 95.4 Å². The predicted molar refractivity (Wildman–Crippen MR) is 130 cm³/mol. The molecule has 27 heavy (non-hydrogen) atoms. The van der Waals surface area contributed by atoms with E-state index in [1.807, 2.05) is 27.7 Å². The second-order valence-corrected chi connectivity index (χ2v) is 6.43. The number of hydrogen-bond acceptors (Lipinski definition) is 0. The molecule has 0 aromatic heterocycles. The minimum absolute atomic E-state index is 0.609. The number of benzene rings is 1. The van der Waals surface area contributed by atoms with Crippen LogP contribution in [0, 0.1) is 12.8 Å². The Hall–Kier alpha value is -1.56. The molecule has 0 fully saturated rings. The zero-order valence-corrected chi connectivity index (χ0v) is 20.3. The van der Waals surface area contributed by atoms with Gasteiger partial charge in [-0.15, -0.1) is 0 Å². The standard InChI is InChI=1S/C14H24.C9H12.2C2H6/c1-6-8-10-14(12(3)4)11-13(5)9-7-2;1-3-9-6-4-5-8(2)7-9;2*1-2/h6,8,10-12H,7,9H2,1-5H3;4-7H,3H2,1-2H3;2*1-2H3/b8-6+,13-11+,14-10+;;;. The van der Waals surface area contributed by atoms with Crippen LogP contribution in [-0.2, 0) is 6.42 Å². The van der Waals surface area contributed by atoms with E-state index in [1.165, 1.54) is 35.1 Å². The third kappa shape index (κ3) is 19.0. The molecule has 1 aromatic carbocycles. The van der Waals surface area contributed by atoms with E-state index in [4.69, 9.17) is 0 Å². The van der Waals surface area contributed by atoms with Crippen LogP contribution < -0.4 is 0 Å². The van der Waals surface area contributed by atoms with Gasteiger partial charge in [0.05, 0.1) is 0 Å². The maximum atomic E-state index is 2.33. The van der Waals surface area contributed by atoms with E-state index in [0.717, 1.165) is 6.42 Å². The maximum Gasteiger partial charge on any atom is -0.0219 e. The SMILES string of the molecule is C/C=C/C=C(\C=C(/C)CCC)C(C)C.CC.CC.CCc1cccc(C)c1. The summed E-state index contributed by atoms with van der Waals surface area (Å²) >= 11 is 0. The van der Waals surface area contributed by atoms with Crippen LogP contribution in [-0.4, -0.2) is 0 Å². The molecule has 0 unspecified atom stereocenters. The van der Waals surface area contributed by atoms with Gasteiger partial charge >= 0.3 is 0 Å². The van der Waals surface area contributed by atoms with Crippen LogP contribution in [0.25, 0.3) is 0 Å². The van der Waals surface area contributed by atoms with Crippen molar-refractivity contribution in [2.75, 3.05) is 0 Å². The maximum absolute atomic E-state index is 2.33. The molecule has 0 heteroatoms. The highest BCUT2D eigenvalue weighted by Gasteiger charge is 1.99. The molecule has 0 aliphatic rings. The molecule has 0 saturated carbocycles. The summed E-state index contributed by atoms with van der Waals surface area (Å²) in [4.78, 5) is 0. The normalized spacial score (nSPS) is 11.1. The highest BCUT2D eigenvalue weighted by Crippen LogP contribution is 2.15. The third-order valence-corrected chi connectivity index (χ3v) is 3.70. The molecule has 0 heterocycles. The summed E-state index contributed by atoms with van der Waals surface area (Å²) in [6.07, 6.45) is 12.3. The van der Waals surface area contributed by atoms with Crippen molar-refractivity contribution in [3.63, 3.8) is 0 Å². The summed E-state index contributed by atoms with van der Waals surface area (Å²) in [6.45, 7) is 23.3. The first-order valence-corrected chi connectivity index (χ1v) is 11.0. The van der Waals surface area contributed by atoms with E-state index in [1.54, 1.807) is 0 Å². The van der Waals surface area contributed by atoms with E-state index < -0.39 is 0 Å². The van der Waals surface area contributed by atoms with Crippen LogP contribution in [0.4, 0.5) is 0 Å². The van der Waals surface area contributed by atoms with Gasteiger partial charge in [0.15, 0.2) is 0 Å². The first-order chi connectivity index (χ1) is 12.9. The molecule has 0 aliphatic carbocycles. The second kappa shape index (κ2) is 22.5. The molecule has 0 atom stereocenters. The average molecular weight is 373 g/mol. The topological polar surface area (TPSA) is 0 Å². The monoisotopic (exact) mass is 372 g/mol. The van der Waals surface area contributed by atoms with Gasteiger partial charge < -0.3 is 0 Å². The zero-order valence-electron chi connectivity index (χ0n) is 20.3. The highest BCUT2D eigenvalue weighted by atomic mass is 14.0. The predicted octanol–water partition coefficient (Wildman–Crippen LogP) is 9.50. The second-order valence-electron chi connectivity index (χ2n) is 6.43. The molecular formula is C27H48. The summed E-state index contributed by atoms with van der Waals surface area (Å²) < 4.78 is 0. The summed E-state index contributed by atoms with van der Waals surface area (Å²) in [6, 6.07) is 8.61. The molecule has 0 aliphatic heterocycles. The first kappa shape index (κ1) is 30.2. The molecule has 0 radical (unpaired) electrons. The van der Waals surface area contributed by atoms with Crippen molar-refractivity contribution in [1.29, 1.82) is 0 Å². The lowest BCUT2D eigenvalue weighted by Gasteiger charge is -2.07. The van der Waals surface area contributed by atoms with Gasteiger partial charge in [0, 0.05) is 0 Å². The molecule has 1 aromatic rings. The smallest absolute Gasteiger partial charge is 0.0219 e. The summed E-state index contributed by atoms with van der Waals surface area (Å²) in [5, 5.41) is 0.